The van der Waals surface area contributed by atoms with Gasteiger partial charge in [-0.3, -0.25) is 9.59 Å². The zero-order chi connectivity index (χ0) is 13.8. The molecular weight excluding hydrogens is 228 g/mol. The number of carbonyl (C=O) groups excluding carboxylic acids is 2. The Morgan fingerprint density at radius 1 is 1.06 bits per heavy atom. The van der Waals surface area contributed by atoms with Crippen LogP contribution in [-0.2, 0) is 9.59 Å². The second-order valence-corrected chi connectivity index (χ2v) is 5.32. The summed E-state index contributed by atoms with van der Waals surface area (Å²) in [6, 6.07) is 9.09. The van der Waals surface area contributed by atoms with E-state index in [0.717, 1.165) is 0 Å². The molecule has 1 atom stereocenters. The van der Waals surface area contributed by atoms with Gasteiger partial charge in [-0.1, -0.05) is 18.2 Å². The Kier molecular flexibility index (Phi) is 4.48. The number of benzene rings is 1. The summed E-state index contributed by atoms with van der Waals surface area (Å²) in [7, 11) is 0. The molecule has 1 aromatic carbocycles. The van der Waals surface area contributed by atoms with Gasteiger partial charge in [-0.15, -0.1) is 0 Å². The summed E-state index contributed by atoms with van der Waals surface area (Å²) in [5, 5.41) is 5.49. The Balaban J connectivity index is 2.59. The van der Waals surface area contributed by atoms with Crippen molar-refractivity contribution < 1.29 is 9.59 Å². The van der Waals surface area contributed by atoms with E-state index in [0.29, 0.717) is 5.69 Å². The average molecular weight is 248 g/mol. The number of rotatable bonds is 3. The third-order valence-electron chi connectivity index (χ3n) is 2.33. The molecule has 1 unspecified atom stereocenters. The first-order valence-corrected chi connectivity index (χ1v) is 5.97. The Morgan fingerprint density at radius 2 is 1.61 bits per heavy atom. The van der Waals surface area contributed by atoms with E-state index in [2.05, 4.69) is 10.6 Å². The van der Waals surface area contributed by atoms with Crippen LogP contribution >= 0.6 is 0 Å². The maximum Gasteiger partial charge on any atom is 0.236 e. The van der Waals surface area contributed by atoms with Crippen molar-refractivity contribution in [3.63, 3.8) is 0 Å². The Morgan fingerprint density at radius 3 is 2.11 bits per heavy atom. The number of nitrogens with one attached hydrogen (secondary N) is 2. The van der Waals surface area contributed by atoms with Gasteiger partial charge in [-0.25, -0.2) is 0 Å². The van der Waals surface area contributed by atoms with Crippen molar-refractivity contribution in [2.45, 2.75) is 33.2 Å². The fourth-order valence-corrected chi connectivity index (χ4v) is 1.37. The fraction of sp³-hybridized carbons (Fsp3) is 0.429. The van der Waals surface area contributed by atoms with E-state index in [1.165, 1.54) is 0 Å². The number of amides is 2. The lowest BCUT2D eigenvalue weighted by Gasteiger charge is -2.22. The van der Waals surface area contributed by atoms with E-state index in [-0.39, 0.29) is 17.4 Å². The first-order chi connectivity index (χ1) is 8.29. The predicted molar refractivity (Wildman–Crippen MR) is 72.1 cm³/mol. The maximum atomic E-state index is 11.9. The molecule has 0 fully saturated rings. The van der Waals surface area contributed by atoms with Gasteiger partial charge in [-0.05, 0) is 39.8 Å². The molecule has 4 nitrogen and oxygen atoms in total. The molecule has 18 heavy (non-hydrogen) atoms. The molecule has 0 aliphatic carbocycles. The molecule has 0 radical (unpaired) electrons. The minimum atomic E-state index is -0.718. The summed E-state index contributed by atoms with van der Waals surface area (Å²) in [6.07, 6.45) is 0. The zero-order valence-electron chi connectivity index (χ0n) is 11.3. The van der Waals surface area contributed by atoms with Crippen LogP contribution in [-0.4, -0.2) is 17.4 Å². The van der Waals surface area contributed by atoms with Gasteiger partial charge < -0.3 is 10.6 Å². The highest BCUT2D eigenvalue weighted by Crippen LogP contribution is 2.09. The van der Waals surface area contributed by atoms with E-state index >= 15 is 0 Å². The second-order valence-electron chi connectivity index (χ2n) is 5.32. The fourth-order valence-electron chi connectivity index (χ4n) is 1.37. The minimum absolute atomic E-state index is 0.268. The highest BCUT2D eigenvalue weighted by molar-refractivity contribution is 6.06. The Bertz CT molecular complexity index is 421. The van der Waals surface area contributed by atoms with Gasteiger partial charge in [0, 0.05) is 11.2 Å². The molecule has 2 N–H and O–H groups in total. The highest BCUT2D eigenvalue weighted by Gasteiger charge is 2.24. The van der Waals surface area contributed by atoms with Crippen molar-refractivity contribution in [3.05, 3.63) is 30.3 Å². The molecule has 0 heterocycles. The number of carbonyl (C=O) groups is 2. The van der Waals surface area contributed by atoms with Crippen molar-refractivity contribution in [1.82, 2.24) is 5.32 Å². The third-order valence-corrected chi connectivity index (χ3v) is 2.33. The van der Waals surface area contributed by atoms with Crippen LogP contribution in [0.25, 0.3) is 0 Å². The van der Waals surface area contributed by atoms with Crippen molar-refractivity contribution in [2.24, 2.45) is 5.92 Å². The molecule has 2 amide bonds. The normalized spacial score (nSPS) is 12.7. The first-order valence-electron chi connectivity index (χ1n) is 5.97. The molecule has 0 aromatic heterocycles. The van der Waals surface area contributed by atoms with Crippen LogP contribution in [0.15, 0.2) is 30.3 Å². The van der Waals surface area contributed by atoms with Crippen LogP contribution in [0.1, 0.15) is 27.7 Å². The Labute approximate surface area is 108 Å². The molecule has 0 saturated carbocycles. The smallest absolute Gasteiger partial charge is 0.236 e. The van der Waals surface area contributed by atoms with E-state index in [1.807, 2.05) is 39.0 Å². The van der Waals surface area contributed by atoms with Crippen LogP contribution in [0.5, 0.6) is 0 Å². The van der Waals surface area contributed by atoms with Gasteiger partial charge in [0.25, 0.3) is 0 Å². The van der Waals surface area contributed by atoms with Crippen LogP contribution in [0.4, 0.5) is 5.69 Å². The highest BCUT2D eigenvalue weighted by atomic mass is 16.2. The Hall–Kier alpha value is -1.84. The van der Waals surface area contributed by atoms with Crippen LogP contribution < -0.4 is 10.6 Å². The topological polar surface area (TPSA) is 58.2 Å². The minimum Gasteiger partial charge on any atom is -0.351 e. The van der Waals surface area contributed by atoms with Crippen LogP contribution in [0.2, 0.25) is 0 Å². The monoisotopic (exact) mass is 248 g/mol. The summed E-state index contributed by atoms with van der Waals surface area (Å²) in [5.74, 6) is -1.29. The average Bonchev–Trinajstić information content (AvgIpc) is 2.27. The lowest BCUT2D eigenvalue weighted by atomic mass is 10.1. The van der Waals surface area contributed by atoms with E-state index < -0.39 is 5.92 Å². The largest absolute Gasteiger partial charge is 0.351 e. The van der Waals surface area contributed by atoms with Crippen molar-refractivity contribution >= 4 is 17.5 Å². The van der Waals surface area contributed by atoms with Gasteiger partial charge >= 0.3 is 0 Å². The van der Waals surface area contributed by atoms with Crippen molar-refractivity contribution in [3.8, 4) is 0 Å². The van der Waals surface area contributed by atoms with Gasteiger partial charge in [0.2, 0.25) is 11.8 Å². The number of para-hydroxylation sites is 1. The van der Waals surface area contributed by atoms with Crippen molar-refractivity contribution in [1.29, 1.82) is 0 Å². The molecule has 0 saturated heterocycles. The summed E-state index contributed by atoms with van der Waals surface area (Å²) < 4.78 is 0. The summed E-state index contributed by atoms with van der Waals surface area (Å²) in [4.78, 5) is 23.7. The molecule has 1 rings (SSSR count). The number of hydrogen-bond donors (Lipinski definition) is 2. The SMILES string of the molecule is CC(C(=O)Nc1ccccc1)C(=O)NC(C)(C)C. The molecule has 0 bridgehead atoms. The summed E-state index contributed by atoms with van der Waals surface area (Å²) in [5.41, 5.74) is 0.358. The number of hydrogen-bond acceptors (Lipinski definition) is 2. The molecule has 1 aromatic rings. The summed E-state index contributed by atoms with van der Waals surface area (Å²) in [6.45, 7) is 7.24. The lowest BCUT2D eigenvalue weighted by Crippen LogP contribution is -2.46. The maximum absolute atomic E-state index is 11.9. The van der Waals surface area contributed by atoms with Gasteiger partial charge in [0.1, 0.15) is 5.92 Å². The predicted octanol–water partition coefficient (Wildman–Crippen LogP) is 2.18. The number of anilines is 1. The molecule has 98 valence electrons. The van der Waals surface area contributed by atoms with E-state index in [4.69, 9.17) is 0 Å². The van der Waals surface area contributed by atoms with Gasteiger partial charge in [0.05, 0.1) is 0 Å². The molecule has 0 aliphatic heterocycles. The van der Waals surface area contributed by atoms with Crippen LogP contribution in [0.3, 0.4) is 0 Å². The first kappa shape index (κ1) is 14.2. The van der Waals surface area contributed by atoms with Gasteiger partial charge in [-0.2, -0.15) is 0 Å². The van der Waals surface area contributed by atoms with Crippen LogP contribution in [0, 0.1) is 5.92 Å². The van der Waals surface area contributed by atoms with Crippen molar-refractivity contribution in [2.75, 3.05) is 5.32 Å². The quantitative estimate of drug-likeness (QED) is 0.805. The van der Waals surface area contributed by atoms with E-state index in [1.54, 1.807) is 19.1 Å². The summed E-state index contributed by atoms with van der Waals surface area (Å²) >= 11 is 0. The standard InChI is InChI=1S/C14H20N2O2/c1-10(13(18)16-14(2,3)4)12(17)15-11-8-6-5-7-9-11/h5-10H,1-4H3,(H,15,17)(H,16,18). The van der Waals surface area contributed by atoms with Gasteiger partial charge in [0.15, 0.2) is 0 Å². The van der Waals surface area contributed by atoms with E-state index in [9.17, 15) is 9.59 Å². The molecule has 4 heteroatoms. The third kappa shape index (κ3) is 4.57. The molecule has 0 aliphatic rings. The lowest BCUT2D eigenvalue weighted by molar-refractivity contribution is -0.132. The zero-order valence-corrected chi connectivity index (χ0v) is 11.3. The molecule has 0 spiro atoms. The second kappa shape index (κ2) is 5.67. The molecular formula is C14H20N2O2.